The summed E-state index contributed by atoms with van der Waals surface area (Å²) in [5, 5.41) is 4.91. The van der Waals surface area contributed by atoms with Crippen molar-refractivity contribution in [3.63, 3.8) is 0 Å². The predicted octanol–water partition coefficient (Wildman–Crippen LogP) is 4.29. The van der Waals surface area contributed by atoms with Gasteiger partial charge in [-0.3, -0.25) is 9.59 Å². The average Bonchev–Trinajstić information content (AvgIpc) is 2.58. The minimum absolute atomic E-state index is 0.0440. The number of carbonyl (C=O) groups excluding carboxylic acids is 2. The average molecular weight is 341 g/mol. The Labute approximate surface area is 149 Å². The maximum Gasteiger partial charge on any atom is 0.216 e. The number of nitrogens with one attached hydrogen (secondary N) is 1. The maximum atomic E-state index is 11.8. The van der Waals surface area contributed by atoms with Gasteiger partial charge in [0.15, 0.2) is 5.78 Å². The molecule has 0 heterocycles. The van der Waals surface area contributed by atoms with Gasteiger partial charge in [0.25, 0.3) is 0 Å². The highest BCUT2D eigenvalue weighted by molar-refractivity contribution is 6.00. The lowest BCUT2D eigenvalue weighted by Crippen LogP contribution is -2.22. The first kappa shape index (κ1) is 19.0. The van der Waals surface area contributed by atoms with E-state index >= 15 is 0 Å². The number of benzene rings is 2. The van der Waals surface area contributed by atoms with Crippen molar-refractivity contribution in [3.05, 3.63) is 41.5 Å². The molecule has 1 amide bonds. The van der Waals surface area contributed by atoms with E-state index in [9.17, 15) is 9.59 Å². The predicted molar refractivity (Wildman–Crippen MR) is 101 cm³/mol. The molecule has 4 heteroatoms. The number of carbonyl (C=O) groups is 2. The van der Waals surface area contributed by atoms with Gasteiger partial charge in [0.2, 0.25) is 5.91 Å². The van der Waals surface area contributed by atoms with Crippen molar-refractivity contribution in [1.82, 2.24) is 5.32 Å². The van der Waals surface area contributed by atoms with Crippen LogP contribution in [0.3, 0.4) is 0 Å². The summed E-state index contributed by atoms with van der Waals surface area (Å²) in [6, 6.07) is 9.83. The molecule has 0 radical (unpaired) electrons. The summed E-state index contributed by atoms with van der Waals surface area (Å²) in [4.78, 5) is 22.9. The Morgan fingerprint density at radius 2 is 1.88 bits per heavy atom. The number of ether oxygens (including phenoxy) is 1. The molecule has 0 bridgehead atoms. The molecular formula is C21H27NO3. The van der Waals surface area contributed by atoms with E-state index < -0.39 is 0 Å². The molecule has 1 N–H and O–H groups in total. The molecule has 0 atom stereocenters. The number of unbranched alkanes of at least 4 members (excludes halogenated alkanes) is 2. The van der Waals surface area contributed by atoms with E-state index in [1.54, 1.807) is 6.92 Å². The Morgan fingerprint density at radius 3 is 2.56 bits per heavy atom. The van der Waals surface area contributed by atoms with E-state index in [-0.39, 0.29) is 11.7 Å². The molecule has 0 saturated carbocycles. The molecule has 0 aromatic heterocycles. The highest BCUT2D eigenvalue weighted by Crippen LogP contribution is 2.27. The van der Waals surface area contributed by atoms with E-state index in [0.29, 0.717) is 25.1 Å². The number of fused-ring (bicyclic) bond motifs is 1. The van der Waals surface area contributed by atoms with Crippen molar-refractivity contribution >= 4 is 22.5 Å². The summed E-state index contributed by atoms with van der Waals surface area (Å²) < 4.78 is 5.85. The fraction of sp³-hybridized carbons (Fsp3) is 0.429. The largest absolute Gasteiger partial charge is 0.494 e. The van der Waals surface area contributed by atoms with E-state index in [4.69, 9.17) is 4.74 Å². The van der Waals surface area contributed by atoms with E-state index in [1.807, 2.05) is 30.3 Å². The Morgan fingerprint density at radius 1 is 1.08 bits per heavy atom. The van der Waals surface area contributed by atoms with Crippen LogP contribution in [0, 0.1) is 0 Å². The number of rotatable bonds is 9. The SMILES string of the molecule is CCCCCOc1ccc2cc(C(C)=O)cc(CCNC(C)=O)c2c1. The summed E-state index contributed by atoms with van der Waals surface area (Å²) >= 11 is 0. The zero-order valence-electron chi connectivity index (χ0n) is 15.4. The zero-order valence-corrected chi connectivity index (χ0v) is 15.4. The van der Waals surface area contributed by atoms with Crippen LogP contribution >= 0.6 is 0 Å². The second-order valence-corrected chi connectivity index (χ2v) is 6.36. The quantitative estimate of drug-likeness (QED) is 0.547. The summed E-state index contributed by atoms with van der Waals surface area (Å²) in [5.41, 5.74) is 1.75. The molecule has 0 unspecified atom stereocenters. The molecule has 4 nitrogen and oxygen atoms in total. The van der Waals surface area contributed by atoms with Gasteiger partial charge in [0.05, 0.1) is 6.61 Å². The molecule has 0 aliphatic carbocycles. The first-order valence-electron chi connectivity index (χ1n) is 8.96. The smallest absolute Gasteiger partial charge is 0.216 e. The highest BCUT2D eigenvalue weighted by atomic mass is 16.5. The minimum Gasteiger partial charge on any atom is -0.494 e. The Balaban J connectivity index is 2.28. The molecule has 25 heavy (non-hydrogen) atoms. The third-order valence-electron chi connectivity index (χ3n) is 4.20. The summed E-state index contributed by atoms with van der Waals surface area (Å²) in [6.07, 6.45) is 4.06. The molecule has 134 valence electrons. The van der Waals surface area contributed by atoms with Crippen molar-refractivity contribution in [3.8, 4) is 5.75 Å². The van der Waals surface area contributed by atoms with Crippen molar-refractivity contribution in [2.24, 2.45) is 0 Å². The maximum absolute atomic E-state index is 11.8. The van der Waals surface area contributed by atoms with Crippen LogP contribution in [0.25, 0.3) is 10.8 Å². The standard InChI is InChI=1S/C21H27NO3/c1-4-5-6-11-25-20-8-7-17-12-19(15(2)23)13-18(21(17)14-20)9-10-22-16(3)24/h7-8,12-14H,4-6,9-11H2,1-3H3,(H,22,24). The zero-order chi connectivity index (χ0) is 18.2. The van der Waals surface area contributed by atoms with Crippen molar-refractivity contribution in [1.29, 1.82) is 0 Å². The van der Waals surface area contributed by atoms with E-state index in [1.165, 1.54) is 13.3 Å². The number of Topliss-reactive ketones (excluding diaryl/α,β-unsaturated/α-hetero) is 1. The van der Waals surface area contributed by atoms with Crippen LogP contribution < -0.4 is 10.1 Å². The first-order valence-corrected chi connectivity index (χ1v) is 8.96. The third-order valence-corrected chi connectivity index (χ3v) is 4.20. The van der Waals surface area contributed by atoms with Crippen molar-refractivity contribution in [2.75, 3.05) is 13.2 Å². The normalized spacial score (nSPS) is 10.7. The van der Waals surface area contributed by atoms with Gasteiger partial charge in [0, 0.05) is 19.0 Å². The number of ketones is 1. The van der Waals surface area contributed by atoms with Crippen LogP contribution in [0.1, 0.15) is 56.0 Å². The van der Waals surface area contributed by atoms with Crippen LogP contribution in [-0.4, -0.2) is 24.8 Å². The lowest BCUT2D eigenvalue weighted by molar-refractivity contribution is -0.118. The number of amides is 1. The Kier molecular flexibility index (Phi) is 6.99. The number of hydrogen-bond donors (Lipinski definition) is 1. The van der Waals surface area contributed by atoms with Crippen LogP contribution in [0.2, 0.25) is 0 Å². The first-order chi connectivity index (χ1) is 12.0. The fourth-order valence-electron chi connectivity index (χ4n) is 2.83. The summed E-state index contributed by atoms with van der Waals surface area (Å²) in [5.74, 6) is 0.842. The molecule has 0 aliphatic heterocycles. The Bertz CT molecular complexity index is 752. The van der Waals surface area contributed by atoms with Gasteiger partial charge in [0.1, 0.15) is 5.75 Å². The molecule has 0 fully saturated rings. The summed E-state index contributed by atoms with van der Waals surface area (Å²) in [7, 11) is 0. The van der Waals surface area contributed by atoms with E-state index in [2.05, 4.69) is 12.2 Å². The second-order valence-electron chi connectivity index (χ2n) is 6.36. The second kappa shape index (κ2) is 9.21. The van der Waals surface area contributed by atoms with Gasteiger partial charge >= 0.3 is 0 Å². The lowest BCUT2D eigenvalue weighted by atomic mass is 9.97. The molecule has 2 aromatic carbocycles. The molecule has 0 aliphatic rings. The summed E-state index contributed by atoms with van der Waals surface area (Å²) in [6.45, 7) is 6.51. The monoisotopic (exact) mass is 341 g/mol. The Hall–Kier alpha value is -2.36. The fourth-order valence-corrected chi connectivity index (χ4v) is 2.83. The van der Waals surface area contributed by atoms with Crippen LogP contribution in [-0.2, 0) is 11.2 Å². The lowest BCUT2D eigenvalue weighted by Gasteiger charge is -2.12. The van der Waals surface area contributed by atoms with Gasteiger partial charge in [-0.05, 0) is 60.4 Å². The van der Waals surface area contributed by atoms with Crippen LogP contribution in [0.15, 0.2) is 30.3 Å². The molecule has 0 spiro atoms. The van der Waals surface area contributed by atoms with Crippen molar-refractivity contribution in [2.45, 2.75) is 46.5 Å². The van der Waals surface area contributed by atoms with Gasteiger partial charge < -0.3 is 10.1 Å². The molecule has 0 saturated heterocycles. The highest BCUT2D eigenvalue weighted by Gasteiger charge is 2.09. The molecule has 2 rings (SSSR count). The van der Waals surface area contributed by atoms with Gasteiger partial charge in [-0.25, -0.2) is 0 Å². The molecule has 2 aromatic rings. The van der Waals surface area contributed by atoms with E-state index in [0.717, 1.165) is 34.9 Å². The third kappa shape index (κ3) is 5.59. The molecular weight excluding hydrogens is 314 g/mol. The van der Waals surface area contributed by atoms with Gasteiger partial charge in [-0.2, -0.15) is 0 Å². The van der Waals surface area contributed by atoms with Crippen molar-refractivity contribution < 1.29 is 14.3 Å². The van der Waals surface area contributed by atoms with Crippen LogP contribution in [0.5, 0.6) is 5.75 Å². The minimum atomic E-state index is -0.0491. The topological polar surface area (TPSA) is 55.4 Å². The number of hydrogen-bond acceptors (Lipinski definition) is 3. The van der Waals surface area contributed by atoms with Gasteiger partial charge in [-0.15, -0.1) is 0 Å². The van der Waals surface area contributed by atoms with Gasteiger partial charge in [-0.1, -0.05) is 25.8 Å². The van der Waals surface area contributed by atoms with Crippen LogP contribution in [0.4, 0.5) is 0 Å².